The Labute approximate surface area is 83.2 Å². The van der Waals surface area contributed by atoms with Crippen LogP contribution in [0.15, 0.2) is 17.4 Å². The molecule has 1 aromatic rings. The van der Waals surface area contributed by atoms with E-state index in [2.05, 4.69) is 9.97 Å². The van der Waals surface area contributed by atoms with Gasteiger partial charge in [-0.25, -0.2) is 9.97 Å². The lowest BCUT2D eigenvalue weighted by Gasteiger charge is -2.03. The summed E-state index contributed by atoms with van der Waals surface area (Å²) in [4.78, 5) is 8.43. The molecular formula is C9H15N3S. The first-order chi connectivity index (χ1) is 6.18. The molecule has 1 rings (SSSR count). The first-order valence-electron chi connectivity index (χ1n) is 4.36. The highest BCUT2D eigenvalue weighted by Crippen LogP contribution is 2.13. The van der Waals surface area contributed by atoms with Crippen molar-refractivity contribution in [3.63, 3.8) is 0 Å². The van der Waals surface area contributed by atoms with Crippen molar-refractivity contribution >= 4 is 11.8 Å². The average molecular weight is 197 g/mol. The summed E-state index contributed by atoms with van der Waals surface area (Å²) in [5, 5.41) is 0.848. The standard InChI is InChI=1S/C9H15N3S/c1-7(10)4-6-13-9-11-5-3-8(2)12-9/h3,5,7H,4,6,10H2,1-2H3. The SMILES string of the molecule is Cc1ccnc(SCCC(C)N)n1. The Kier molecular flexibility index (Phi) is 4.18. The molecule has 0 aliphatic carbocycles. The summed E-state index contributed by atoms with van der Waals surface area (Å²) in [7, 11) is 0. The van der Waals surface area contributed by atoms with Gasteiger partial charge in [-0.15, -0.1) is 0 Å². The van der Waals surface area contributed by atoms with E-state index in [9.17, 15) is 0 Å². The number of aryl methyl sites for hydroxylation is 1. The first-order valence-corrected chi connectivity index (χ1v) is 5.35. The second-order valence-electron chi connectivity index (χ2n) is 3.10. The van der Waals surface area contributed by atoms with Gasteiger partial charge in [0.15, 0.2) is 5.16 Å². The fourth-order valence-corrected chi connectivity index (χ4v) is 1.85. The normalized spacial score (nSPS) is 12.8. The Bertz CT molecular complexity index is 263. The smallest absolute Gasteiger partial charge is 0.187 e. The summed E-state index contributed by atoms with van der Waals surface area (Å²) in [5.41, 5.74) is 6.64. The Balaban J connectivity index is 2.37. The molecule has 0 aliphatic rings. The zero-order chi connectivity index (χ0) is 9.68. The van der Waals surface area contributed by atoms with Crippen molar-refractivity contribution in [3.05, 3.63) is 18.0 Å². The Morgan fingerprint density at radius 3 is 3.00 bits per heavy atom. The maximum atomic E-state index is 5.63. The van der Waals surface area contributed by atoms with Crippen molar-refractivity contribution < 1.29 is 0 Å². The molecule has 1 atom stereocenters. The summed E-state index contributed by atoms with van der Waals surface area (Å²) >= 11 is 1.66. The fraction of sp³-hybridized carbons (Fsp3) is 0.556. The van der Waals surface area contributed by atoms with Gasteiger partial charge in [0.1, 0.15) is 0 Å². The number of nitrogens with two attached hydrogens (primary N) is 1. The monoisotopic (exact) mass is 197 g/mol. The fourth-order valence-electron chi connectivity index (χ4n) is 0.832. The van der Waals surface area contributed by atoms with E-state index in [0.29, 0.717) is 0 Å². The molecule has 3 nitrogen and oxygen atoms in total. The van der Waals surface area contributed by atoms with Crippen LogP contribution in [0.4, 0.5) is 0 Å². The third kappa shape index (κ3) is 4.24. The van der Waals surface area contributed by atoms with Gasteiger partial charge < -0.3 is 5.73 Å². The van der Waals surface area contributed by atoms with E-state index in [0.717, 1.165) is 23.0 Å². The van der Waals surface area contributed by atoms with Crippen molar-refractivity contribution in [1.82, 2.24) is 9.97 Å². The highest BCUT2D eigenvalue weighted by Gasteiger charge is 1.99. The van der Waals surface area contributed by atoms with Gasteiger partial charge in [0.05, 0.1) is 0 Å². The zero-order valence-corrected chi connectivity index (χ0v) is 8.84. The number of hydrogen-bond acceptors (Lipinski definition) is 4. The summed E-state index contributed by atoms with van der Waals surface area (Å²) < 4.78 is 0. The lowest BCUT2D eigenvalue weighted by molar-refractivity contribution is 0.720. The van der Waals surface area contributed by atoms with Gasteiger partial charge in [-0.05, 0) is 26.3 Å². The summed E-state index contributed by atoms with van der Waals surface area (Å²) in [6.45, 7) is 3.98. The number of nitrogens with zero attached hydrogens (tertiary/aromatic N) is 2. The summed E-state index contributed by atoms with van der Waals surface area (Å²) in [6.07, 6.45) is 2.79. The van der Waals surface area contributed by atoms with Gasteiger partial charge in [-0.2, -0.15) is 0 Å². The molecule has 0 amide bonds. The van der Waals surface area contributed by atoms with E-state index < -0.39 is 0 Å². The molecule has 0 aromatic carbocycles. The predicted octanol–water partition coefficient (Wildman–Crippen LogP) is 1.61. The topological polar surface area (TPSA) is 51.8 Å². The molecule has 0 fully saturated rings. The quantitative estimate of drug-likeness (QED) is 0.588. The van der Waals surface area contributed by atoms with Crippen molar-refractivity contribution in [2.24, 2.45) is 5.73 Å². The van der Waals surface area contributed by atoms with Crippen LogP contribution in [0.3, 0.4) is 0 Å². The molecule has 0 saturated carbocycles. The van der Waals surface area contributed by atoms with Gasteiger partial charge in [0.2, 0.25) is 0 Å². The second kappa shape index (κ2) is 5.19. The van der Waals surface area contributed by atoms with Crippen molar-refractivity contribution in [3.8, 4) is 0 Å². The molecule has 0 bridgehead atoms. The van der Waals surface area contributed by atoms with Crippen LogP contribution < -0.4 is 5.73 Å². The Morgan fingerprint density at radius 1 is 1.62 bits per heavy atom. The van der Waals surface area contributed by atoms with Crippen LogP contribution in [-0.4, -0.2) is 21.8 Å². The molecule has 0 aliphatic heterocycles. The van der Waals surface area contributed by atoms with Crippen molar-refractivity contribution in [2.45, 2.75) is 31.5 Å². The first kappa shape index (κ1) is 10.5. The van der Waals surface area contributed by atoms with E-state index >= 15 is 0 Å². The van der Waals surface area contributed by atoms with E-state index in [1.54, 1.807) is 18.0 Å². The van der Waals surface area contributed by atoms with Crippen molar-refractivity contribution in [1.29, 1.82) is 0 Å². The molecule has 72 valence electrons. The van der Waals surface area contributed by atoms with Crippen LogP contribution in [0.25, 0.3) is 0 Å². The third-order valence-electron chi connectivity index (χ3n) is 1.58. The molecule has 0 saturated heterocycles. The molecule has 0 spiro atoms. The highest BCUT2D eigenvalue weighted by atomic mass is 32.2. The van der Waals surface area contributed by atoms with Crippen molar-refractivity contribution in [2.75, 3.05) is 5.75 Å². The average Bonchev–Trinajstić information content (AvgIpc) is 2.03. The van der Waals surface area contributed by atoms with Crippen LogP contribution in [0.2, 0.25) is 0 Å². The summed E-state index contributed by atoms with van der Waals surface area (Å²) in [6, 6.07) is 2.16. The zero-order valence-electron chi connectivity index (χ0n) is 8.03. The van der Waals surface area contributed by atoms with Gasteiger partial charge in [-0.3, -0.25) is 0 Å². The summed E-state index contributed by atoms with van der Waals surface area (Å²) in [5.74, 6) is 0.987. The molecule has 13 heavy (non-hydrogen) atoms. The molecule has 1 heterocycles. The number of thioether (sulfide) groups is 1. The van der Waals surface area contributed by atoms with Gasteiger partial charge in [-0.1, -0.05) is 11.8 Å². The van der Waals surface area contributed by atoms with Crippen LogP contribution in [0.1, 0.15) is 19.0 Å². The number of aromatic nitrogens is 2. The maximum Gasteiger partial charge on any atom is 0.187 e. The van der Waals surface area contributed by atoms with Crippen LogP contribution in [0.5, 0.6) is 0 Å². The molecule has 1 unspecified atom stereocenters. The van der Waals surface area contributed by atoms with E-state index in [1.807, 2.05) is 19.9 Å². The minimum atomic E-state index is 0.261. The minimum absolute atomic E-state index is 0.261. The van der Waals surface area contributed by atoms with Gasteiger partial charge >= 0.3 is 0 Å². The van der Waals surface area contributed by atoms with Gasteiger partial charge in [0, 0.05) is 23.7 Å². The number of rotatable bonds is 4. The molecular weight excluding hydrogens is 182 g/mol. The molecule has 2 N–H and O–H groups in total. The predicted molar refractivity (Wildman–Crippen MR) is 55.8 cm³/mol. The molecule has 1 aromatic heterocycles. The Hall–Kier alpha value is -0.610. The lowest BCUT2D eigenvalue weighted by atomic mass is 10.3. The molecule has 4 heteroatoms. The highest BCUT2D eigenvalue weighted by molar-refractivity contribution is 7.99. The van der Waals surface area contributed by atoms with Crippen LogP contribution in [-0.2, 0) is 0 Å². The Morgan fingerprint density at radius 2 is 2.38 bits per heavy atom. The van der Waals surface area contributed by atoms with Crippen LogP contribution in [0, 0.1) is 6.92 Å². The third-order valence-corrected chi connectivity index (χ3v) is 2.47. The lowest BCUT2D eigenvalue weighted by Crippen LogP contribution is -2.15. The van der Waals surface area contributed by atoms with E-state index in [-0.39, 0.29) is 6.04 Å². The largest absolute Gasteiger partial charge is 0.328 e. The van der Waals surface area contributed by atoms with E-state index in [4.69, 9.17) is 5.73 Å². The maximum absolute atomic E-state index is 5.63. The molecule has 0 radical (unpaired) electrons. The minimum Gasteiger partial charge on any atom is -0.328 e. The van der Waals surface area contributed by atoms with Crippen LogP contribution >= 0.6 is 11.8 Å². The van der Waals surface area contributed by atoms with E-state index in [1.165, 1.54) is 0 Å². The van der Waals surface area contributed by atoms with Gasteiger partial charge in [0.25, 0.3) is 0 Å². The number of hydrogen-bond donors (Lipinski definition) is 1. The second-order valence-corrected chi connectivity index (χ2v) is 4.16.